The third-order valence-electron chi connectivity index (χ3n) is 2.82. The number of ether oxygens (including phenoxy) is 1. The number of unbranched alkanes of at least 4 members (excludes halogenated alkanes) is 1. The van der Waals surface area contributed by atoms with Crippen LogP contribution < -0.4 is 5.63 Å². The lowest BCUT2D eigenvalue weighted by Gasteiger charge is -2.03. The summed E-state index contributed by atoms with van der Waals surface area (Å²) in [7, 11) is 0. The SMILES string of the molecule is CCCCc1cc(=O)oc2[nH]nc(C(=O)OCC)c12. The summed E-state index contributed by atoms with van der Waals surface area (Å²) in [5, 5.41) is 7.01. The van der Waals surface area contributed by atoms with Crippen molar-refractivity contribution < 1.29 is 13.9 Å². The molecule has 102 valence electrons. The van der Waals surface area contributed by atoms with Crippen molar-refractivity contribution >= 4 is 17.1 Å². The lowest BCUT2D eigenvalue weighted by molar-refractivity contribution is 0.0521. The molecule has 0 aliphatic carbocycles. The maximum Gasteiger partial charge on any atom is 0.359 e. The van der Waals surface area contributed by atoms with Gasteiger partial charge in [-0.3, -0.25) is 0 Å². The average Bonchev–Trinajstić information content (AvgIpc) is 2.79. The van der Waals surface area contributed by atoms with Crippen molar-refractivity contribution in [2.24, 2.45) is 0 Å². The second-order valence-electron chi connectivity index (χ2n) is 4.19. The fraction of sp³-hybridized carbons (Fsp3) is 0.462. The summed E-state index contributed by atoms with van der Waals surface area (Å²) < 4.78 is 9.95. The van der Waals surface area contributed by atoms with Crippen molar-refractivity contribution in [1.82, 2.24) is 10.2 Å². The van der Waals surface area contributed by atoms with Crippen LogP contribution in [0.2, 0.25) is 0 Å². The van der Waals surface area contributed by atoms with Crippen LogP contribution in [-0.4, -0.2) is 22.8 Å². The van der Waals surface area contributed by atoms with E-state index in [0.717, 1.165) is 18.4 Å². The molecule has 0 radical (unpaired) electrons. The van der Waals surface area contributed by atoms with Gasteiger partial charge in [0, 0.05) is 6.07 Å². The Kier molecular flexibility index (Phi) is 3.99. The van der Waals surface area contributed by atoms with Gasteiger partial charge in [0.1, 0.15) is 0 Å². The molecule has 0 aliphatic heterocycles. The predicted molar refractivity (Wildman–Crippen MR) is 69.2 cm³/mol. The number of hydrogen-bond acceptors (Lipinski definition) is 5. The van der Waals surface area contributed by atoms with Gasteiger partial charge in [-0.1, -0.05) is 13.3 Å². The maximum absolute atomic E-state index is 11.8. The van der Waals surface area contributed by atoms with E-state index in [2.05, 4.69) is 17.1 Å². The Balaban J connectivity index is 2.54. The van der Waals surface area contributed by atoms with E-state index < -0.39 is 11.6 Å². The zero-order valence-corrected chi connectivity index (χ0v) is 11.0. The van der Waals surface area contributed by atoms with Crippen LogP contribution in [0, 0.1) is 0 Å². The predicted octanol–water partition coefficient (Wildman–Crippen LogP) is 2.04. The standard InChI is InChI=1S/C13H16N2O4/c1-3-5-6-8-7-9(16)19-12-10(8)11(14-15-12)13(17)18-4-2/h7H,3-6H2,1-2H3,(H,14,15). The fourth-order valence-electron chi connectivity index (χ4n) is 1.95. The zero-order valence-electron chi connectivity index (χ0n) is 11.0. The first kappa shape index (κ1) is 13.3. The van der Waals surface area contributed by atoms with Crippen LogP contribution in [0.5, 0.6) is 0 Å². The molecule has 2 aromatic heterocycles. The third-order valence-corrected chi connectivity index (χ3v) is 2.82. The fourth-order valence-corrected chi connectivity index (χ4v) is 1.95. The molecule has 0 amide bonds. The number of esters is 1. The van der Waals surface area contributed by atoms with Gasteiger partial charge in [0.25, 0.3) is 0 Å². The minimum atomic E-state index is -0.514. The molecule has 0 aliphatic rings. The minimum absolute atomic E-state index is 0.173. The first-order valence-electron chi connectivity index (χ1n) is 6.35. The van der Waals surface area contributed by atoms with Crippen molar-refractivity contribution in [3.8, 4) is 0 Å². The Bertz CT molecular complexity index is 642. The monoisotopic (exact) mass is 264 g/mol. The summed E-state index contributed by atoms with van der Waals surface area (Å²) >= 11 is 0. The lowest BCUT2D eigenvalue weighted by atomic mass is 10.1. The molecule has 0 saturated heterocycles. The quantitative estimate of drug-likeness (QED) is 0.835. The van der Waals surface area contributed by atoms with Gasteiger partial charge in [0.2, 0.25) is 5.71 Å². The molecule has 6 nitrogen and oxygen atoms in total. The molecule has 2 rings (SSSR count). The molecule has 0 saturated carbocycles. The van der Waals surface area contributed by atoms with Gasteiger partial charge in [-0.15, -0.1) is 0 Å². The Hall–Kier alpha value is -2.11. The van der Waals surface area contributed by atoms with E-state index in [1.165, 1.54) is 6.07 Å². The molecule has 6 heteroatoms. The van der Waals surface area contributed by atoms with E-state index in [-0.39, 0.29) is 18.0 Å². The highest BCUT2D eigenvalue weighted by atomic mass is 16.5. The first-order valence-corrected chi connectivity index (χ1v) is 6.35. The second-order valence-corrected chi connectivity index (χ2v) is 4.19. The van der Waals surface area contributed by atoms with Gasteiger partial charge < -0.3 is 9.15 Å². The van der Waals surface area contributed by atoms with Crippen molar-refractivity contribution in [1.29, 1.82) is 0 Å². The number of nitrogens with zero attached hydrogens (tertiary/aromatic N) is 1. The van der Waals surface area contributed by atoms with Gasteiger partial charge in [0.05, 0.1) is 12.0 Å². The Morgan fingerprint density at radius 2 is 2.26 bits per heavy atom. The van der Waals surface area contributed by atoms with Crippen LogP contribution in [0.4, 0.5) is 0 Å². The van der Waals surface area contributed by atoms with Crippen LogP contribution in [0.25, 0.3) is 11.1 Å². The topological polar surface area (TPSA) is 85.2 Å². The van der Waals surface area contributed by atoms with Gasteiger partial charge in [-0.05, 0) is 25.3 Å². The highest BCUT2D eigenvalue weighted by molar-refractivity contribution is 6.01. The molecule has 0 atom stereocenters. The number of aryl methyl sites for hydroxylation is 1. The Labute approximate surface area is 109 Å². The molecule has 19 heavy (non-hydrogen) atoms. The normalized spacial score (nSPS) is 10.8. The maximum atomic E-state index is 11.8. The summed E-state index contributed by atoms with van der Waals surface area (Å²) in [5.41, 5.74) is 0.718. The van der Waals surface area contributed by atoms with Crippen LogP contribution >= 0.6 is 0 Å². The van der Waals surface area contributed by atoms with Crippen molar-refractivity contribution in [3.05, 3.63) is 27.7 Å². The number of nitrogens with one attached hydrogen (secondary N) is 1. The molecule has 1 N–H and O–H groups in total. The highest BCUT2D eigenvalue weighted by Crippen LogP contribution is 2.21. The first-order chi connectivity index (χ1) is 9.17. The summed E-state index contributed by atoms with van der Waals surface area (Å²) in [5.74, 6) is -0.514. The van der Waals surface area contributed by atoms with E-state index in [0.29, 0.717) is 11.8 Å². The van der Waals surface area contributed by atoms with Crippen LogP contribution in [0.1, 0.15) is 42.7 Å². The van der Waals surface area contributed by atoms with E-state index >= 15 is 0 Å². The zero-order chi connectivity index (χ0) is 13.8. The molecule has 0 spiro atoms. The number of carbonyl (C=O) groups is 1. The van der Waals surface area contributed by atoms with Gasteiger partial charge in [-0.25, -0.2) is 14.7 Å². The number of aromatic amines is 1. The van der Waals surface area contributed by atoms with Gasteiger partial charge >= 0.3 is 11.6 Å². The minimum Gasteiger partial charge on any atom is -0.461 e. The molecular formula is C13H16N2O4. The smallest absolute Gasteiger partial charge is 0.359 e. The number of hydrogen-bond donors (Lipinski definition) is 1. The van der Waals surface area contributed by atoms with Crippen molar-refractivity contribution in [2.45, 2.75) is 33.1 Å². The number of rotatable bonds is 5. The number of fused-ring (bicyclic) bond motifs is 1. The van der Waals surface area contributed by atoms with Crippen LogP contribution in [0.15, 0.2) is 15.3 Å². The lowest BCUT2D eigenvalue weighted by Crippen LogP contribution is -2.07. The van der Waals surface area contributed by atoms with Gasteiger partial charge in [0.15, 0.2) is 5.69 Å². The Morgan fingerprint density at radius 1 is 1.47 bits per heavy atom. The third kappa shape index (κ3) is 2.67. The summed E-state index contributed by atoms with van der Waals surface area (Å²) in [6, 6.07) is 1.41. The molecule has 0 fully saturated rings. The molecule has 2 aromatic rings. The molecular weight excluding hydrogens is 248 g/mol. The summed E-state index contributed by atoms with van der Waals surface area (Å²) in [4.78, 5) is 23.2. The van der Waals surface area contributed by atoms with Crippen molar-refractivity contribution in [3.63, 3.8) is 0 Å². The summed E-state index contributed by atoms with van der Waals surface area (Å²) in [6.07, 6.45) is 2.62. The molecule has 0 bridgehead atoms. The molecule has 2 heterocycles. The number of H-pyrrole nitrogens is 1. The van der Waals surface area contributed by atoms with Crippen LogP contribution in [-0.2, 0) is 11.2 Å². The van der Waals surface area contributed by atoms with Gasteiger partial charge in [-0.2, -0.15) is 5.10 Å². The van der Waals surface area contributed by atoms with E-state index in [9.17, 15) is 9.59 Å². The average molecular weight is 264 g/mol. The van der Waals surface area contributed by atoms with Crippen molar-refractivity contribution in [2.75, 3.05) is 6.61 Å². The number of aromatic nitrogens is 2. The largest absolute Gasteiger partial charge is 0.461 e. The molecule has 0 unspecified atom stereocenters. The summed E-state index contributed by atoms with van der Waals surface area (Å²) in [6.45, 7) is 4.06. The van der Waals surface area contributed by atoms with E-state index in [1.807, 2.05) is 0 Å². The van der Waals surface area contributed by atoms with E-state index in [1.54, 1.807) is 6.92 Å². The number of carbonyl (C=O) groups excluding carboxylic acids is 1. The Morgan fingerprint density at radius 3 is 2.95 bits per heavy atom. The molecule has 0 aromatic carbocycles. The second kappa shape index (κ2) is 5.69. The van der Waals surface area contributed by atoms with Crippen LogP contribution in [0.3, 0.4) is 0 Å². The highest BCUT2D eigenvalue weighted by Gasteiger charge is 2.20. The van der Waals surface area contributed by atoms with E-state index in [4.69, 9.17) is 9.15 Å².